The molecule has 1 fully saturated rings. The summed E-state index contributed by atoms with van der Waals surface area (Å²) in [6.45, 7) is 1.35. The number of ketones is 1. The molecule has 5 heteroatoms. The first-order chi connectivity index (χ1) is 7.25. The number of thiazole rings is 1. The molecule has 2 heterocycles. The largest absolute Gasteiger partial charge is 0.381 e. The van der Waals surface area contributed by atoms with E-state index in [4.69, 9.17) is 10.5 Å². The molecule has 1 aromatic rings. The number of nitrogens with zero attached hydrogens (tertiary/aromatic N) is 1. The summed E-state index contributed by atoms with van der Waals surface area (Å²) in [5.74, 6) is 0.279. The molecule has 1 saturated heterocycles. The minimum atomic E-state index is 0.0571. The summed E-state index contributed by atoms with van der Waals surface area (Å²) in [6, 6.07) is 0. The van der Waals surface area contributed by atoms with E-state index in [1.807, 2.05) is 5.38 Å². The Kier molecular flexibility index (Phi) is 3.33. The van der Waals surface area contributed by atoms with Crippen molar-refractivity contribution in [3.8, 4) is 0 Å². The highest BCUT2D eigenvalue weighted by Gasteiger charge is 2.22. The number of nitrogens with two attached hydrogens (primary N) is 1. The minimum Gasteiger partial charge on any atom is -0.381 e. The zero-order valence-corrected chi connectivity index (χ0v) is 9.26. The van der Waals surface area contributed by atoms with Crippen LogP contribution in [0.4, 0.5) is 5.13 Å². The lowest BCUT2D eigenvalue weighted by atomic mass is 9.95. The number of nitrogen functional groups attached to an aromatic ring is 1. The summed E-state index contributed by atoms with van der Waals surface area (Å²) in [5.41, 5.74) is 6.29. The second kappa shape index (κ2) is 4.72. The zero-order chi connectivity index (χ0) is 10.7. The number of rotatable bonds is 3. The smallest absolute Gasteiger partial charge is 0.180 e. The highest BCUT2D eigenvalue weighted by atomic mass is 32.1. The summed E-state index contributed by atoms with van der Waals surface area (Å²) in [5, 5.41) is 2.37. The van der Waals surface area contributed by atoms with Crippen molar-refractivity contribution in [1.82, 2.24) is 4.98 Å². The van der Waals surface area contributed by atoms with Crippen LogP contribution in [0.2, 0.25) is 0 Å². The Morgan fingerprint density at radius 2 is 2.60 bits per heavy atom. The summed E-state index contributed by atoms with van der Waals surface area (Å²) in [4.78, 5) is 15.9. The van der Waals surface area contributed by atoms with Crippen LogP contribution in [-0.4, -0.2) is 24.0 Å². The molecule has 1 aromatic heterocycles. The van der Waals surface area contributed by atoms with Crippen molar-refractivity contribution in [3.63, 3.8) is 0 Å². The monoisotopic (exact) mass is 226 g/mol. The Morgan fingerprint density at radius 3 is 3.20 bits per heavy atom. The number of Topliss-reactive ketones (excluding diaryl/α,β-unsaturated/α-hetero) is 1. The molecule has 15 heavy (non-hydrogen) atoms. The fourth-order valence-electron chi connectivity index (χ4n) is 1.72. The molecular formula is C10H14N2O2S. The molecule has 2 N–H and O–H groups in total. The van der Waals surface area contributed by atoms with Gasteiger partial charge in [-0.15, -0.1) is 11.3 Å². The third-order valence-corrected chi connectivity index (χ3v) is 3.26. The summed E-state index contributed by atoms with van der Waals surface area (Å²) in [7, 11) is 0. The van der Waals surface area contributed by atoms with E-state index in [-0.39, 0.29) is 11.7 Å². The molecule has 0 radical (unpaired) electrons. The molecule has 2 rings (SSSR count). The van der Waals surface area contributed by atoms with E-state index in [9.17, 15) is 4.79 Å². The summed E-state index contributed by atoms with van der Waals surface area (Å²) in [6.07, 6.45) is 2.32. The molecule has 0 bridgehead atoms. The van der Waals surface area contributed by atoms with Gasteiger partial charge in [0.05, 0.1) is 12.3 Å². The lowest BCUT2D eigenvalue weighted by Gasteiger charge is -2.20. The second-order valence-electron chi connectivity index (χ2n) is 3.73. The Hall–Kier alpha value is -0.940. The van der Waals surface area contributed by atoms with Gasteiger partial charge >= 0.3 is 0 Å². The van der Waals surface area contributed by atoms with Gasteiger partial charge in [-0.1, -0.05) is 0 Å². The van der Waals surface area contributed by atoms with Crippen LogP contribution in [-0.2, 0) is 16.0 Å². The number of aromatic nitrogens is 1. The van der Waals surface area contributed by atoms with Crippen LogP contribution in [0.5, 0.6) is 0 Å². The van der Waals surface area contributed by atoms with Crippen LogP contribution < -0.4 is 5.73 Å². The average Bonchev–Trinajstić information content (AvgIpc) is 2.65. The van der Waals surface area contributed by atoms with Gasteiger partial charge in [0, 0.05) is 24.3 Å². The van der Waals surface area contributed by atoms with Gasteiger partial charge in [0.25, 0.3) is 0 Å². The predicted octanol–water partition coefficient (Wildman–Crippen LogP) is 1.26. The van der Waals surface area contributed by atoms with Crippen LogP contribution in [0.25, 0.3) is 0 Å². The van der Waals surface area contributed by atoms with Gasteiger partial charge in [-0.2, -0.15) is 0 Å². The Labute approximate surface area is 92.5 Å². The van der Waals surface area contributed by atoms with Crippen LogP contribution in [0.3, 0.4) is 0 Å². The molecular weight excluding hydrogens is 212 g/mol. The second-order valence-corrected chi connectivity index (χ2v) is 4.62. The van der Waals surface area contributed by atoms with Crippen LogP contribution in [0.15, 0.2) is 5.38 Å². The van der Waals surface area contributed by atoms with Gasteiger partial charge in [0.15, 0.2) is 5.13 Å². The molecule has 0 aromatic carbocycles. The maximum absolute atomic E-state index is 11.8. The predicted molar refractivity (Wildman–Crippen MR) is 58.8 cm³/mol. The van der Waals surface area contributed by atoms with Crippen molar-refractivity contribution in [2.75, 3.05) is 18.9 Å². The van der Waals surface area contributed by atoms with Gasteiger partial charge in [0.1, 0.15) is 5.78 Å². The van der Waals surface area contributed by atoms with Gasteiger partial charge in [-0.3, -0.25) is 4.79 Å². The SMILES string of the molecule is Nc1nc(CC(=O)C2CCCOC2)cs1. The lowest BCUT2D eigenvalue weighted by molar-refractivity contribution is -0.126. The Morgan fingerprint density at radius 1 is 1.73 bits per heavy atom. The third kappa shape index (κ3) is 2.76. The Balaban J connectivity index is 1.91. The van der Waals surface area contributed by atoms with Gasteiger partial charge < -0.3 is 10.5 Å². The number of carbonyl (C=O) groups is 1. The fraction of sp³-hybridized carbons (Fsp3) is 0.600. The van der Waals surface area contributed by atoms with E-state index >= 15 is 0 Å². The van der Waals surface area contributed by atoms with Crippen molar-refractivity contribution >= 4 is 22.3 Å². The van der Waals surface area contributed by atoms with Crippen LogP contribution in [0.1, 0.15) is 18.5 Å². The quantitative estimate of drug-likeness (QED) is 0.842. The van der Waals surface area contributed by atoms with Crippen molar-refractivity contribution in [2.45, 2.75) is 19.3 Å². The molecule has 1 aliphatic heterocycles. The maximum atomic E-state index is 11.8. The lowest BCUT2D eigenvalue weighted by Crippen LogP contribution is -2.26. The van der Waals surface area contributed by atoms with E-state index in [0.717, 1.165) is 25.1 Å². The van der Waals surface area contributed by atoms with Crippen LogP contribution in [0, 0.1) is 5.92 Å². The van der Waals surface area contributed by atoms with E-state index in [0.29, 0.717) is 18.2 Å². The molecule has 0 amide bonds. The summed E-state index contributed by atoms with van der Waals surface area (Å²) >= 11 is 1.38. The van der Waals surface area contributed by atoms with Crippen molar-refractivity contribution < 1.29 is 9.53 Å². The molecule has 0 aliphatic carbocycles. The summed E-state index contributed by atoms with van der Waals surface area (Å²) < 4.78 is 5.28. The normalized spacial score (nSPS) is 21.5. The van der Waals surface area contributed by atoms with E-state index < -0.39 is 0 Å². The van der Waals surface area contributed by atoms with E-state index in [1.54, 1.807) is 0 Å². The molecule has 1 atom stereocenters. The minimum absolute atomic E-state index is 0.0571. The first-order valence-corrected chi connectivity index (χ1v) is 5.94. The van der Waals surface area contributed by atoms with Gasteiger partial charge in [-0.25, -0.2) is 4.98 Å². The number of anilines is 1. The number of ether oxygens (including phenoxy) is 1. The average molecular weight is 226 g/mol. The highest BCUT2D eigenvalue weighted by molar-refractivity contribution is 7.13. The Bertz CT molecular complexity index is 345. The van der Waals surface area contributed by atoms with Gasteiger partial charge in [0.2, 0.25) is 0 Å². The molecule has 1 unspecified atom stereocenters. The van der Waals surface area contributed by atoms with E-state index in [2.05, 4.69) is 4.98 Å². The van der Waals surface area contributed by atoms with Crippen molar-refractivity contribution in [1.29, 1.82) is 0 Å². The zero-order valence-electron chi connectivity index (χ0n) is 8.44. The van der Waals surface area contributed by atoms with Crippen molar-refractivity contribution in [3.05, 3.63) is 11.1 Å². The first-order valence-electron chi connectivity index (χ1n) is 5.06. The highest BCUT2D eigenvalue weighted by Crippen LogP contribution is 2.18. The van der Waals surface area contributed by atoms with Crippen LogP contribution >= 0.6 is 11.3 Å². The van der Waals surface area contributed by atoms with Crippen molar-refractivity contribution in [2.24, 2.45) is 5.92 Å². The first kappa shape index (κ1) is 10.6. The molecule has 4 nitrogen and oxygen atoms in total. The molecule has 0 spiro atoms. The molecule has 1 aliphatic rings. The van der Waals surface area contributed by atoms with Gasteiger partial charge in [-0.05, 0) is 12.8 Å². The standard InChI is InChI=1S/C10H14N2O2S/c11-10-12-8(6-15-10)4-9(13)7-2-1-3-14-5-7/h6-7H,1-5H2,(H2,11,12). The molecule has 0 saturated carbocycles. The third-order valence-electron chi connectivity index (χ3n) is 2.54. The topological polar surface area (TPSA) is 65.2 Å². The molecule has 82 valence electrons. The fourth-order valence-corrected chi connectivity index (χ4v) is 2.28. The number of carbonyl (C=O) groups excluding carboxylic acids is 1. The maximum Gasteiger partial charge on any atom is 0.180 e. The number of hydrogen-bond acceptors (Lipinski definition) is 5. The number of hydrogen-bond donors (Lipinski definition) is 1. The van der Waals surface area contributed by atoms with E-state index in [1.165, 1.54) is 11.3 Å².